The predicted octanol–water partition coefficient (Wildman–Crippen LogP) is 3.02. The van der Waals surface area contributed by atoms with Crippen LogP contribution in [0.25, 0.3) is 0 Å². The van der Waals surface area contributed by atoms with E-state index in [2.05, 4.69) is 34.6 Å². The van der Waals surface area contributed by atoms with Crippen LogP contribution in [-0.4, -0.2) is 37.2 Å². The third kappa shape index (κ3) is 4.31. The van der Waals surface area contributed by atoms with Gasteiger partial charge in [-0.15, -0.1) is 0 Å². The third-order valence-corrected chi connectivity index (χ3v) is 4.61. The Morgan fingerprint density at radius 3 is 2.50 bits per heavy atom. The first-order valence-electron chi connectivity index (χ1n) is 9.28. The molecule has 1 aliphatic heterocycles. The number of nitrogens with one attached hydrogen (secondary N) is 2. The molecule has 2 N–H and O–H groups in total. The van der Waals surface area contributed by atoms with Crippen LogP contribution in [0, 0.1) is 0 Å². The Morgan fingerprint density at radius 2 is 1.82 bits per heavy atom. The van der Waals surface area contributed by atoms with E-state index < -0.39 is 0 Å². The zero-order valence-electron chi connectivity index (χ0n) is 16.3. The van der Waals surface area contributed by atoms with Crippen molar-refractivity contribution in [1.29, 1.82) is 0 Å². The molecular formula is C21H24N4O3. The van der Waals surface area contributed by atoms with Crippen molar-refractivity contribution in [3.63, 3.8) is 0 Å². The van der Waals surface area contributed by atoms with E-state index in [0.717, 1.165) is 24.3 Å². The van der Waals surface area contributed by atoms with E-state index in [1.807, 2.05) is 18.2 Å². The largest absolute Gasteiger partial charge is 0.482 e. The minimum Gasteiger partial charge on any atom is -0.482 e. The highest BCUT2D eigenvalue weighted by Gasteiger charge is 2.16. The van der Waals surface area contributed by atoms with Crippen molar-refractivity contribution in [2.75, 3.05) is 29.9 Å². The maximum absolute atomic E-state index is 12.4. The van der Waals surface area contributed by atoms with Crippen molar-refractivity contribution < 1.29 is 14.3 Å². The molecule has 0 aromatic heterocycles. The van der Waals surface area contributed by atoms with Gasteiger partial charge in [0.25, 0.3) is 11.8 Å². The normalized spacial score (nSPS) is 13.2. The summed E-state index contributed by atoms with van der Waals surface area (Å²) in [6, 6.07) is 12.8. The summed E-state index contributed by atoms with van der Waals surface area (Å²) >= 11 is 0. The molecule has 7 heteroatoms. The second-order valence-corrected chi connectivity index (χ2v) is 6.41. The first-order chi connectivity index (χ1) is 13.5. The molecule has 1 heterocycles. The van der Waals surface area contributed by atoms with Crippen molar-refractivity contribution >= 4 is 28.9 Å². The van der Waals surface area contributed by atoms with Crippen molar-refractivity contribution in [3.05, 3.63) is 53.6 Å². The molecule has 0 saturated carbocycles. The van der Waals surface area contributed by atoms with Crippen LogP contribution in [0.15, 0.2) is 47.6 Å². The highest BCUT2D eigenvalue weighted by Crippen LogP contribution is 2.28. The van der Waals surface area contributed by atoms with E-state index in [1.165, 1.54) is 0 Å². The Hall–Kier alpha value is -3.35. The van der Waals surface area contributed by atoms with E-state index >= 15 is 0 Å². The number of benzene rings is 2. The van der Waals surface area contributed by atoms with Crippen molar-refractivity contribution in [1.82, 2.24) is 5.43 Å². The van der Waals surface area contributed by atoms with Gasteiger partial charge in [0.2, 0.25) is 0 Å². The van der Waals surface area contributed by atoms with E-state index in [1.54, 1.807) is 31.2 Å². The van der Waals surface area contributed by atoms with Gasteiger partial charge in [0.05, 0.1) is 11.4 Å². The van der Waals surface area contributed by atoms with Gasteiger partial charge in [-0.25, -0.2) is 5.43 Å². The van der Waals surface area contributed by atoms with Gasteiger partial charge in [-0.1, -0.05) is 0 Å². The van der Waals surface area contributed by atoms with Crippen LogP contribution >= 0.6 is 0 Å². The molecule has 0 bridgehead atoms. The number of amides is 2. The van der Waals surface area contributed by atoms with Crippen LogP contribution in [0.3, 0.4) is 0 Å². The van der Waals surface area contributed by atoms with Gasteiger partial charge in [-0.2, -0.15) is 5.10 Å². The molecule has 2 aromatic carbocycles. The van der Waals surface area contributed by atoms with Gasteiger partial charge >= 0.3 is 0 Å². The summed E-state index contributed by atoms with van der Waals surface area (Å²) in [6.45, 7) is 7.83. The fourth-order valence-electron chi connectivity index (χ4n) is 2.98. The van der Waals surface area contributed by atoms with Crippen molar-refractivity contribution in [3.8, 4) is 5.75 Å². The molecule has 2 amide bonds. The topological polar surface area (TPSA) is 83.0 Å². The number of anilines is 2. The zero-order valence-corrected chi connectivity index (χ0v) is 16.3. The molecule has 0 radical (unpaired) electrons. The molecule has 0 fully saturated rings. The number of carbonyl (C=O) groups is 2. The lowest BCUT2D eigenvalue weighted by Crippen LogP contribution is -2.25. The van der Waals surface area contributed by atoms with Crippen LogP contribution in [0.4, 0.5) is 11.4 Å². The van der Waals surface area contributed by atoms with Crippen molar-refractivity contribution in [2.24, 2.45) is 5.10 Å². The molecule has 0 spiro atoms. The van der Waals surface area contributed by atoms with E-state index in [0.29, 0.717) is 22.7 Å². The van der Waals surface area contributed by atoms with E-state index in [4.69, 9.17) is 4.74 Å². The number of hydrogen-bond donors (Lipinski definition) is 2. The molecule has 0 unspecified atom stereocenters. The lowest BCUT2D eigenvalue weighted by Gasteiger charge is -2.20. The average Bonchev–Trinajstić information content (AvgIpc) is 2.72. The molecular weight excluding hydrogens is 356 g/mol. The average molecular weight is 380 g/mol. The molecule has 7 nitrogen and oxygen atoms in total. The molecule has 1 aliphatic rings. The van der Waals surface area contributed by atoms with Gasteiger partial charge in [0, 0.05) is 24.3 Å². The highest BCUT2D eigenvalue weighted by atomic mass is 16.5. The number of ether oxygens (including phenoxy) is 1. The van der Waals surface area contributed by atoms with Gasteiger partial charge in [-0.3, -0.25) is 9.59 Å². The molecule has 0 aliphatic carbocycles. The summed E-state index contributed by atoms with van der Waals surface area (Å²) in [6.07, 6.45) is 0. The summed E-state index contributed by atoms with van der Waals surface area (Å²) in [5, 5.41) is 6.94. The number of hydrazone groups is 1. The fourth-order valence-corrected chi connectivity index (χ4v) is 2.98. The van der Waals surface area contributed by atoms with Crippen LogP contribution in [-0.2, 0) is 4.79 Å². The Balaban J connectivity index is 1.68. The summed E-state index contributed by atoms with van der Waals surface area (Å²) in [5.74, 6) is 0.147. The molecule has 2 aromatic rings. The predicted molar refractivity (Wildman–Crippen MR) is 110 cm³/mol. The van der Waals surface area contributed by atoms with Crippen LogP contribution in [0.2, 0.25) is 0 Å². The van der Waals surface area contributed by atoms with Gasteiger partial charge < -0.3 is 15.0 Å². The Morgan fingerprint density at radius 1 is 1.14 bits per heavy atom. The summed E-state index contributed by atoms with van der Waals surface area (Å²) in [4.78, 5) is 26.0. The van der Waals surface area contributed by atoms with Crippen LogP contribution < -0.4 is 20.4 Å². The molecule has 146 valence electrons. The smallest absolute Gasteiger partial charge is 0.271 e. The van der Waals surface area contributed by atoms with Gasteiger partial charge in [-0.05, 0) is 68.8 Å². The van der Waals surface area contributed by atoms with Gasteiger partial charge in [0.1, 0.15) is 5.75 Å². The minimum atomic E-state index is -0.278. The van der Waals surface area contributed by atoms with E-state index in [9.17, 15) is 9.59 Å². The molecule has 0 atom stereocenters. The molecule has 3 rings (SSSR count). The zero-order chi connectivity index (χ0) is 20.1. The third-order valence-electron chi connectivity index (χ3n) is 4.61. The fraction of sp³-hybridized carbons (Fsp3) is 0.286. The Kier molecular flexibility index (Phi) is 5.93. The number of fused-ring (bicyclic) bond motifs is 1. The lowest BCUT2D eigenvalue weighted by molar-refractivity contribution is -0.118. The van der Waals surface area contributed by atoms with E-state index in [-0.39, 0.29) is 18.4 Å². The summed E-state index contributed by atoms with van der Waals surface area (Å²) < 4.78 is 5.34. The maximum Gasteiger partial charge on any atom is 0.271 e. The second kappa shape index (κ2) is 8.56. The van der Waals surface area contributed by atoms with Crippen molar-refractivity contribution in [2.45, 2.75) is 20.8 Å². The van der Waals surface area contributed by atoms with Gasteiger partial charge in [0.15, 0.2) is 6.61 Å². The maximum atomic E-state index is 12.4. The number of hydrogen-bond acceptors (Lipinski definition) is 5. The number of rotatable bonds is 6. The SMILES string of the molecule is CCN(CC)c1ccc(C(=O)N/N=C(/C)c2ccc3c(c2)NC(=O)CO3)cc1. The molecule has 28 heavy (non-hydrogen) atoms. The van der Waals surface area contributed by atoms with Crippen LogP contribution in [0.5, 0.6) is 5.75 Å². The minimum absolute atomic E-state index is 0.0164. The standard InChI is InChI=1S/C21H24N4O3/c1-4-25(5-2)17-9-6-15(7-10-17)21(27)24-23-14(3)16-8-11-19-18(12-16)22-20(26)13-28-19/h6-12H,4-5,13H2,1-3H3,(H,22,26)(H,24,27)/b23-14-. The summed E-state index contributed by atoms with van der Waals surface area (Å²) in [5.41, 5.74) is 6.20. The lowest BCUT2D eigenvalue weighted by atomic mass is 10.1. The monoisotopic (exact) mass is 380 g/mol. The number of carbonyl (C=O) groups excluding carboxylic acids is 2. The Bertz CT molecular complexity index is 902. The highest BCUT2D eigenvalue weighted by molar-refractivity contribution is 6.03. The number of nitrogens with zero attached hydrogens (tertiary/aromatic N) is 2. The molecule has 0 saturated heterocycles. The Labute approximate surface area is 164 Å². The summed E-state index contributed by atoms with van der Waals surface area (Å²) in [7, 11) is 0. The first-order valence-corrected chi connectivity index (χ1v) is 9.28. The van der Waals surface area contributed by atoms with Crippen LogP contribution in [0.1, 0.15) is 36.7 Å². The quantitative estimate of drug-likeness (QED) is 0.596. The second-order valence-electron chi connectivity index (χ2n) is 6.41. The first kappa shape index (κ1) is 19.4.